The Morgan fingerprint density at radius 3 is 2.59 bits per heavy atom. The molecule has 5 heterocycles. The third-order valence-electron chi connectivity index (χ3n) is 11.9. The predicted octanol–water partition coefficient (Wildman–Crippen LogP) is 7.49. The molecule has 6 rings (SSSR count). The number of nitrogens with one attached hydrogen (secondary N) is 3. The van der Waals surface area contributed by atoms with Crippen LogP contribution in [-0.2, 0) is 25.5 Å². The van der Waals surface area contributed by atoms with Gasteiger partial charge >= 0.3 is 11.9 Å². The molecule has 1 unspecified atom stereocenters. The molecule has 9 heteroatoms. The summed E-state index contributed by atoms with van der Waals surface area (Å²) in [6.45, 7) is 23.7. The first kappa shape index (κ1) is 38.8. The monoisotopic (exact) mass is 732 g/mol. The van der Waals surface area contributed by atoms with Crippen molar-refractivity contribution in [1.82, 2.24) is 15.3 Å². The molecule has 286 valence electrons. The number of rotatable bonds is 12. The molecule has 0 aromatic carbocycles. The number of carbonyl (C=O) groups excluding carboxylic acids is 3. The van der Waals surface area contributed by atoms with Crippen LogP contribution in [0.25, 0.3) is 30.4 Å². The SMILES string of the molecule is C=Cc1c2[nH]c(c1=C)=CC1=N/C(=C3\c4[nH]c(c(C)c4C(=O)[C@@H]3C(=O)OC)CC3=C(CC)C(C)/C(=C/2)N3)[C@@H](CCC(=O)OC/C=C(\C)CCCC(C)C)[C@@H]1C. The van der Waals surface area contributed by atoms with Gasteiger partial charge in [-0.2, -0.15) is 0 Å². The highest BCUT2D eigenvalue weighted by molar-refractivity contribution is 6.25. The fourth-order valence-electron chi connectivity index (χ4n) is 8.66. The van der Waals surface area contributed by atoms with Crippen LogP contribution >= 0.6 is 0 Å². The normalized spacial score (nSPS) is 24.3. The van der Waals surface area contributed by atoms with Crippen molar-refractivity contribution >= 4 is 53.8 Å². The van der Waals surface area contributed by atoms with Gasteiger partial charge < -0.3 is 24.8 Å². The van der Waals surface area contributed by atoms with Gasteiger partial charge in [0, 0.05) is 86.4 Å². The minimum absolute atomic E-state index is 0.154. The number of allylic oxidation sites excluding steroid dienone is 4. The average Bonchev–Trinajstić information content (AvgIpc) is 3.87. The molecular formula is C45H56N4O5. The Bertz CT molecular complexity index is 2170. The fourth-order valence-corrected chi connectivity index (χ4v) is 8.66. The highest BCUT2D eigenvalue weighted by Crippen LogP contribution is 2.48. The van der Waals surface area contributed by atoms with Gasteiger partial charge in [-0.3, -0.25) is 19.4 Å². The number of ketones is 1. The average molecular weight is 733 g/mol. The van der Waals surface area contributed by atoms with Crippen LogP contribution in [0.1, 0.15) is 119 Å². The second kappa shape index (κ2) is 15.8. The molecule has 0 amide bonds. The maximum absolute atomic E-state index is 14.3. The zero-order valence-corrected chi connectivity index (χ0v) is 33.3. The second-order valence-corrected chi connectivity index (χ2v) is 15.8. The molecule has 54 heavy (non-hydrogen) atoms. The maximum atomic E-state index is 14.3. The molecule has 0 fully saturated rings. The van der Waals surface area contributed by atoms with E-state index in [2.05, 4.69) is 76.1 Å². The predicted molar refractivity (Wildman–Crippen MR) is 216 cm³/mol. The number of aliphatic imine (C=N–C) groups is 1. The Morgan fingerprint density at radius 1 is 1.15 bits per heavy atom. The van der Waals surface area contributed by atoms with E-state index in [1.165, 1.54) is 24.7 Å². The van der Waals surface area contributed by atoms with E-state index in [4.69, 9.17) is 14.5 Å². The van der Waals surface area contributed by atoms with Crippen LogP contribution in [0.3, 0.4) is 0 Å². The summed E-state index contributed by atoms with van der Waals surface area (Å²) >= 11 is 0. The lowest BCUT2D eigenvalue weighted by atomic mass is 9.83. The van der Waals surface area contributed by atoms with E-state index in [1.54, 1.807) is 0 Å². The molecule has 0 saturated heterocycles. The third kappa shape index (κ3) is 7.17. The Balaban J connectivity index is 1.45. The summed E-state index contributed by atoms with van der Waals surface area (Å²) in [7, 11) is 1.31. The zero-order chi connectivity index (χ0) is 39.0. The van der Waals surface area contributed by atoms with E-state index in [0.29, 0.717) is 41.3 Å². The smallest absolute Gasteiger partial charge is 0.321 e. The summed E-state index contributed by atoms with van der Waals surface area (Å²) in [5.74, 6) is -1.99. The van der Waals surface area contributed by atoms with E-state index in [1.807, 2.05) is 25.2 Å². The van der Waals surface area contributed by atoms with Crippen LogP contribution in [0.15, 0.2) is 45.9 Å². The van der Waals surface area contributed by atoms with Crippen molar-refractivity contribution in [3.05, 3.63) is 85.2 Å². The zero-order valence-electron chi connectivity index (χ0n) is 33.3. The number of aromatic amines is 2. The van der Waals surface area contributed by atoms with Gasteiger partial charge in [0.2, 0.25) is 0 Å². The fraction of sp³-hybridized carbons (Fsp3) is 0.467. The van der Waals surface area contributed by atoms with Gasteiger partial charge in [0.15, 0.2) is 5.78 Å². The largest absolute Gasteiger partial charge is 0.468 e. The van der Waals surface area contributed by atoms with Crippen molar-refractivity contribution in [3.63, 3.8) is 0 Å². The Hall–Kier alpha value is -4.92. The van der Waals surface area contributed by atoms with Crippen molar-refractivity contribution in [2.24, 2.45) is 34.6 Å². The van der Waals surface area contributed by atoms with Gasteiger partial charge in [0.25, 0.3) is 0 Å². The lowest BCUT2D eigenvalue weighted by Gasteiger charge is -2.20. The summed E-state index contributed by atoms with van der Waals surface area (Å²) < 4.78 is 10.9. The van der Waals surface area contributed by atoms with Gasteiger partial charge in [0.1, 0.15) is 12.5 Å². The molecule has 0 spiro atoms. The third-order valence-corrected chi connectivity index (χ3v) is 11.9. The van der Waals surface area contributed by atoms with E-state index in [9.17, 15) is 14.4 Å². The van der Waals surface area contributed by atoms with E-state index >= 15 is 0 Å². The van der Waals surface area contributed by atoms with Gasteiger partial charge in [0.05, 0.1) is 18.5 Å². The summed E-state index contributed by atoms with van der Waals surface area (Å²) in [6, 6.07) is 0. The van der Waals surface area contributed by atoms with Crippen LogP contribution in [0.2, 0.25) is 0 Å². The quantitative estimate of drug-likeness (QED) is 0.118. The number of Topliss-reactive ketones (excluding diaryl/α,β-unsaturated/α-hetero) is 1. The Kier molecular flexibility index (Phi) is 11.4. The number of hydrogen-bond donors (Lipinski definition) is 3. The molecule has 1 aliphatic carbocycles. The Labute approximate surface area is 319 Å². The molecule has 4 atom stereocenters. The van der Waals surface area contributed by atoms with Gasteiger partial charge in [-0.1, -0.05) is 65.8 Å². The number of nitrogens with zero attached hydrogens (tertiary/aromatic N) is 1. The highest BCUT2D eigenvalue weighted by Gasteiger charge is 2.48. The van der Waals surface area contributed by atoms with Crippen LogP contribution in [0, 0.1) is 36.5 Å². The molecule has 4 aliphatic rings. The molecule has 3 N–H and O–H groups in total. The molecule has 2 aromatic heterocycles. The number of fused-ring (bicyclic) bond motifs is 6. The minimum atomic E-state index is -1.16. The molecule has 8 bridgehead atoms. The first-order valence-electron chi connectivity index (χ1n) is 19.5. The van der Waals surface area contributed by atoms with E-state index in [0.717, 1.165) is 69.5 Å². The van der Waals surface area contributed by atoms with Crippen molar-refractivity contribution in [2.45, 2.75) is 93.4 Å². The van der Waals surface area contributed by atoms with Crippen molar-refractivity contribution in [1.29, 1.82) is 0 Å². The highest BCUT2D eigenvalue weighted by atomic mass is 16.5. The summed E-state index contributed by atoms with van der Waals surface area (Å²) in [6.07, 6.45) is 13.2. The summed E-state index contributed by atoms with van der Waals surface area (Å²) in [5.41, 5.74) is 11.3. The van der Waals surface area contributed by atoms with Crippen LogP contribution in [-0.4, -0.2) is 47.1 Å². The van der Waals surface area contributed by atoms with Gasteiger partial charge in [-0.05, 0) is 74.8 Å². The van der Waals surface area contributed by atoms with E-state index < -0.39 is 11.9 Å². The number of esters is 2. The maximum Gasteiger partial charge on any atom is 0.321 e. The second-order valence-electron chi connectivity index (χ2n) is 15.8. The lowest BCUT2D eigenvalue weighted by Crippen LogP contribution is -2.26. The van der Waals surface area contributed by atoms with Crippen LogP contribution < -0.4 is 15.9 Å². The van der Waals surface area contributed by atoms with Crippen LogP contribution in [0.4, 0.5) is 0 Å². The van der Waals surface area contributed by atoms with Crippen LogP contribution in [0.5, 0.6) is 0 Å². The van der Waals surface area contributed by atoms with Crippen molar-refractivity contribution in [3.8, 4) is 0 Å². The van der Waals surface area contributed by atoms with Crippen molar-refractivity contribution < 1.29 is 23.9 Å². The first-order valence-corrected chi connectivity index (χ1v) is 19.5. The van der Waals surface area contributed by atoms with Gasteiger partial charge in [-0.15, -0.1) is 0 Å². The molecule has 0 saturated carbocycles. The number of methoxy groups -OCH3 is 1. The standard InChI is InChI=1S/C45H56N4O5/c1-11-29-25(6)32-20-34-27(8)31(16-17-38(50)54-19-18-24(5)15-13-14-23(3)4)42(48-34)40-41(45(52)53-10)44(51)39-28(9)35(49-43(39)40)22-37-30(12-2)26(7)33(47-37)21-36(29)46-32/h11,18,20-21,23,26-27,31,41,46-47,49H,1,6,12-17,19,22H2,2-5,7-10H3/b24-18+,32-20?,33-21-,42-40-/t26?,27-,31-,41+/m0/s1. The molecular weight excluding hydrogens is 677 g/mol. The number of aromatic nitrogens is 2. The number of carbonyl (C=O) groups is 3. The summed E-state index contributed by atoms with van der Waals surface area (Å²) in [5, 5.41) is 5.31. The lowest BCUT2D eigenvalue weighted by molar-refractivity contribution is -0.143. The number of ether oxygens (including phenoxy) is 2. The number of H-pyrrole nitrogens is 2. The summed E-state index contributed by atoms with van der Waals surface area (Å²) in [4.78, 5) is 53.4. The minimum Gasteiger partial charge on any atom is -0.468 e. The topological polar surface area (TPSA) is 126 Å². The number of hydrogen-bond acceptors (Lipinski definition) is 7. The molecule has 3 aliphatic heterocycles. The molecule has 0 radical (unpaired) electrons. The van der Waals surface area contributed by atoms with Crippen molar-refractivity contribution in [2.75, 3.05) is 13.7 Å². The van der Waals surface area contributed by atoms with Gasteiger partial charge in [-0.25, -0.2) is 0 Å². The molecule has 9 nitrogen and oxygen atoms in total. The Morgan fingerprint density at radius 2 is 1.91 bits per heavy atom. The first-order chi connectivity index (χ1) is 25.8. The van der Waals surface area contributed by atoms with E-state index in [-0.39, 0.29) is 42.5 Å². The molecule has 2 aromatic rings.